The fraction of sp³-hybridized carbons (Fsp3) is 0.350. The molecule has 4 nitrogen and oxygen atoms in total. The first-order chi connectivity index (χ1) is 12.6. The van der Waals surface area contributed by atoms with Crippen molar-refractivity contribution >= 4 is 23.2 Å². The molecule has 2 aromatic rings. The lowest BCUT2D eigenvalue weighted by Gasteiger charge is -2.32. The van der Waals surface area contributed by atoms with Crippen LogP contribution >= 0.6 is 11.6 Å². The molecule has 0 spiro atoms. The van der Waals surface area contributed by atoms with E-state index in [1.54, 1.807) is 25.3 Å². The number of ether oxygens (including phenoxy) is 1. The van der Waals surface area contributed by atoms with E-state index < -0.39 is 0 Å². The maximum Gasteiger partial charge on any atom is 0.228 e. The van der Waals surface area contributed by atoms with E-state index in [2.05, 4.69) is 10.2 Å². The Morgan fingerprint density at radius 2 is 2.15 bits per heavy atom. The number of nitrogens with zero attached hydrogens (tertiary/aromatic N) is 1. The molecule has 0 saturated carbocycles. The third-order valence-corrected chi connectivity index (χ3v) is 5.01. The molecule has 1 heterocycles. The van der Waals surface area contributed by atoms with Gasteiger partial charge in [-0.25, -0.2) is 4.39 Å². The highest BCUT2D eigenvalue weighted by Crippen LogP contribution is 2.25. The molecule has 2 aromatic carbocycles. The number of carbonyl (C=O) groups is 1. The van der Waals surface area contributed by atoms with E-state index in [1.807, 2.05) is 18.2 Å². The Bertz CT molecular complexity index is 764. The van der Waals surface area contributed by atoms with Gasteiger partial charge in [-0.2, -0.15) is 0 Å². The molecule has 1 amide bonds. The molecule has 1 N–H and O–H groups in total. The number of halogens is 2. The summed E-state index contributed by atoms with van der Waals surface area (Å²) < 4.78 is 19.2. The zero-order valence-electron chi connectivity index (χ0n) is 14.7. The number of rotatable bonds is 5. The van der Waals surface area contributed by atoms with Crippen LogP contribution in [0.1, 0.15) is 18.4 Å². The lowest BCUT2D eigenvalue weighted by atomic mass is 9.96. The van der Waals surface area contributed by atoms with Crippen molar-refractivity contribution in [3.05, 3.63) is 58.9 Å². The monoisotopic (exact) mass is 376 g/mol. The highest BCUT2D eigenvalue weighted by atomic mass is 35.5. The second-order valence-electron chi connectivity index (χ2n) is 6.50. The topological polar surface area (TPSA) is 41.6 Å². The molecule has 0 bridgehead atoms. The van der Waals surface area contributed by atoms with Crippen molar-refractivity contribution in [2.45, 2.75) is 19.4 Å². The molecule has 1 atom stereocenters. The van der Waals surface area contributed by atoms with Gasteiger partial charge in [0.05, 0.1) is 13.0 Å². The van der Waals surface area contributed by atoms with E-state index in [0.717, 1.165) is 19.4 Å². The first-order valence-electron chi connectivity index (χ1n) is 8.67. The summed E-state index contributed by atoms with van der Waals surface area (Å²) in [5.41, 5.74) is 1.20. The quantitative estimate of drug-likeness (QED) is 0.844. The van der Waals surface area contributed by atoms with Crippen LogP contribution in [0, 0.1) is 11.7 Å². The van der Waals surface area contributed by atoms with Crippen molar-refractivity contribution in [3.63, 3.8) is 0 Å². The van der Waals surface area contributed by atoms with E-state index in [9.17, 15) is 9.18 Å². The van der Waals surface area contributed by atoms with Gasteiger partial charge < -0.3 is 10.1 Å². The van der Waals surface area contributed by atoms with Crippen LogP contribution in [0.4, 0.5) is 10.1 Å². The number of anilines is 1. The maximum absolute atomic E-state index is 14.0. The molecular weight excluding hydrogens is 355 g/mol. The molecule has 0 aromatic heterocycles. The number of piperidine rings is 1. The van der Waals surface area contributed by atoms with Crippen LogP contribution in [0.25, 0.3) is 0 Å². The Morgan fingerprint density at radius 3 is 2.92 bits per heavy atom. The zero-order valence-corrected chi connectivity index (χ0v) is 15.4. The lowest BCUT2D eigenvalue weighted by molar-refractivity contribution is -0.121. The number of likely N-dealkylation sites (tertiary alicyclic amines) is 1. The van der Waals surface area contributed by atoms with E-state index in [-0.39, 0.29) is 17.6 Å². The average Bonchev–Trinajstić information content (AvgIpc) is 2.65. The summed E-state index contributed by atoms with van der Waals surface area (Å²) in [6.45, 7) is 1.82. The predicted octanol–water partition coefficient (Wildman–Crippen LogP) is 4.34. The Morgan fingerprint density at radius 1 is 1.35 bits per heavy atom. The number of nitrogens with one attached hydrogen (secondary N) is 1. The molecule has 138 valence electrons. The van der Waals surface area contributed by atoms with Gasteiger partial charge in [0, 0.05) is 35.4 Å². The van der Waals surface area contributed by atoms with Crippen LogP contribution in [-0.2, 0) is 11.3 Å². The third kappa shape index (κ3) is 4.54. The molecule has 1 aliphatic rings. The number of benzene rings is 2. The second-order valence-corrected chi connectivity index (χ2v) is 6.90. The fourth-order valence-electron chi connectivity index (χ4n) is 3.27. The van der Waals surface area contributed by atoms with Crippen LogP contribution in [0.2, 0.25) is 5.02 Å². The summed E-state index contributed by atoms with van der Waals surface area (Å²) in [6.07, 6.45) is 1.71. The molecule has 1 fully saturated rings. The van der Waals surface area contributed by atoms with Gasteiger partial charge >= 0.3 is 0 Å². The summed E-state index contributed by atoms with van der Waals surface area (Å²) in [4.78, 5) is 14.7. The predicted molar refractivity (Wildman–Crippen MR) is 101 cm³/mol. The smallest absolute Gasteiger partial charge is 0.228 e. The second kappa shape index (κ2) is 8.52. The number of methoxy groups -OCH3 is 1. The van der Waals surface area contributed by atoms with Gasteiger partial charge in [-0.1, -0.05) is 23.7 Å². The molecule has 1 unspecified atom stereocenters. The minimum Gasteiger partial charge on any atom is -0.497 e. The Labute approximate surface area is 157 Å². The van der Waals surface area contributed by atoms with Crippen LogP contribution in [0.5, 0.6) is 5.75 Å². The summed E-state index contributed by atoms with van der Waals surface area (Å²) in [5, 5.41) is 3.37. The maximum atomic E-state index is 14.0. The standard InChI is InChI=1S/C20H22ClFN2O2/c1-26-16-7-2-6-15(11-16)23-20(25)14-5-4-10-24(12-14)13-17-18(21)8-3-9-19(17)22/h2-3,6-9,11,14H,4-5,10,12-13H2,1H3,(H,23,25). The number of hydrogen-bond acceptors (Lipinski definition) is 3. The molecule has 1 saturated heterocycles. The van der Waals surface area contributed by atoms with E-state index >= 15 is 0 Å². The van der Waals surface area contributed by atoms with Gasteiger partial charge in [-0.3, -0.25) is 9.69 Å². The van der Waals surface area contributed by atoms with E-state index in [1.165, 1.54) is 6.07 Å². The molecular formula is C20H22ClFN2O2. The van der Waals surface area contributed by atoms with Crippen LogP contribution in [-0.4, -0.2) is 31.0 Å². The molecule has 1 aliphatic heterocycles. The first-order valence-corrected chi connectivity index (χ1v) is 9.05. The highest BCUT2D eigenvalue weighted by Gasteiger charge is 2.26. The highest BCUT2D eigenvalue weighted by molar-refractivity contribution is 6.31. The molecule has 6 heteroatoms. The number of hydrogen-bond donors (Lipinski definition) is 1. The largest absolute Gasteiger partial charge is 0.497 e. The molecule has 26 heavy (non-hydrogen) atoms. The normalized spacial score (nSPS) is 17.7. The van der Waals surface area contributed by atoms with Crippen LogP contribution in [0.15, 0.2) is 42.5 Å². The van der Waals surface area contributed by atoms with Gasteiger partial charge in [0.15, 0.2) is 0 Å². The SMILES string of the molecule is COc1cccc(NC(=O)C2CCCN(Cc3c(F)cccc3Cl)C2)c1. The van der Waals surface area contributed by atoms with Crippen LogP contribution < -0.4 is 10.1 Å². The van der Waals surface area contributed by atoms with Crippen molar-refractivity contribution in [3.8, 4) is 5.75 Å². The van der Waals surface area contributed by atoms with Crippen molar-refractivity contribution in [2.24, 2.45) is 5.92 Å². The molecule has 0 radical (unpaired) electrons. The van der Waals surface area contributed by atoms with Gasteiger partial charge in [0.1, 0.15) is 11.6 Å². The van der Waals surface area contributed by atoms with Crippen molar-refractivity contribution in [1.82, 2.24) is 4.90 Å². The minimum absolute atomic E-state index is 0.0254. The summed E-state index contributed by atoms with van der Waals surface area (Å²) in [5.74, 6) is 0.228. The minimum atomic E-state index is -0.305. The summed E-state index contributed by atoms with van der Waals surface area (Å²) in [7, 11) is 1.59. The van der Waals surface area contributed by atoms with E-state index in [4.69, 9.17) is 16.3 Å². The summed E-state index contributed by atoms with van der Waals surface area (Å²) in [6, 6.07) is 12.0. The average molecular weight is 377 g/mol. The van der Waals surface area contributed by atoms with Gasteiger partial charge in [-0.15, -0.1) is 0 Å². The number of amides is 1. The lowest BCUT2D eigenvalue weighted by Crippen LogP contribution is -2.40. The van der Waals surface area contributed by atoms with Crippen molar-refractivity contribution < 1.29 is 13.9 Å². The summed E-state index contributed by atoms with van der Waals surface area (Å²) >= 11 is 6.13. The fourth-order valence-corrected chi connectivity index (χ4v) is 3.49. The van der Waals surface area contributed by atoms with Crippen LogP contribution in [0.3, 0.4) is 0 Å². The van der Waals surface area contributed by atoms with Crippen molar-refractivity contribution in [2.75, 3.05) is 25.5 Å². The molecule has 0 aliphatic carbocycles. The van der Waals surface area contributed by atoms with Gasteiger partial charge in [-0.05, 0) is 43.7 Å². The van der Waals surface area contributed by atoms with Gasteiger partial charge in [0.25, 0.3) is 0 Å². The van der Waals surface area contributed by atoms with Crippen molar-refractivity contribution in [1.29, 1.82) is 0 Å². The third-order valence-electron chi connectivity index (χ3n) is 4.66. The Kier molecular flexibility index (Phi) is 6.12. The molecule has 3 rings (SSSR count). The Balaban J connectivity index is 1.63. The Hall–Kier alpha value is -2.11. The van der Waals surface area contributed by atoms with Gasteiger partial charge in [0.2, 0.25) is 5.91 Å². The first kappa shape index (κ1) is 18.7. The van der Waals surface area contributed by atoms with E-state index in [0.29, 0.717) is 35.1 Å². The zero-order chi connectivity index (χ0) is 18.5. The number of carbonyl (C=O) groups excluding carboxylic acids is 1.